The highest BCUT2D eigenvalue weighted by atomic mass is 19.1. The second-order valence-corrected chi connectivity index (χ2v) is 6.98. The number of benzene rings is 2. The summed E-state index contributed by atoms with van der Waals surface area (Å²) >= 11 is 0. The molecule has 3 rings (SSSR count). The minimum Gasteiger partial charge on any atom is -0.504 e. The van der Waals surface area contributed by atoms with Crippen LogP contribution in [0.3, 0.4) is 0 Å². The number of anilines is 2. The number of halogens is 1. The number of aromatic hydroxyl groups is 1. The van der Waals surface area contributed by atoms with E-state index in [9.17, 15) is 14.3 Å². The molecule has 28 heavy (non-hydrogen) atoms. The van der Waals surface area contributed by atoms with Crippen molar-refractivity contribution in [3.05, 3.63) is 53.3 Å². The van der Waals surface area contributed by atoms with E-state index in [2.05, 4.69) is 22.1 Å². The lowest BCUT2D eigenvalue weighted by Crippen LogP contribution is -2.17. The molecule has 0 unspecified atom stereocenters. The van der Waals surface area contributed by atoms with Crippen molar-refractivity contribution in [3.63, 3.8) is 0 Å². The van der Waals surface area contributed by atoms with Gasteiger partial charge in [0.2, 0.25) is 0 Å². The summed E-state index contributed by atoms with van der Waals surface area (Å²) < 4.78 is 14.0. The third kappa shape index (κ3) is 4.88. The summed E-state index contributed by atoms with van der Waals surface area (Å²) in [5.74, 6) is -1.77. The van der Waals surface area contributed by atoms with Crippen molar-refractivity contribution >= 4 is 23.5 Å². The normalized spacial score (nSPS) is 14.0. The second-order valence-electron chi connectivity index (χ2n) is 6.98. The molecule has 1 saturated heterocycles. The smallest absolute Gasteiger partial charge is 0.255 e. The fraction of sp³-hybridized carbons (Fsp3) is 0.364. The molecule has 0 bridgehead atoms. The molecule has 0 radical (unpaired) electrons. The summed E-state index contributed by atoms with van der Waals surface area (Å²) in [6, 6.07) is 10.1. The third-order valence-corrected chi connectivity index (χ3v) is 4.82. The van der Waals surface area contributed by atoms with Crippen molar-refractivity contribution in [3.8, 4) is 5.75 Å². The van der Waals surface area contributed by atoms with Gasteiger partial charge in [-0.25, -0.2) is 4.39 Å². The highest BCUT2D eigenvalue weighted by Gasteiger charge is 2.15. The van der Waals surface area contributed by atoms with E-state index in [4.69, 9.17) is 0 Å². The number of carbonyl (C=O) groups is 1. The van der Waals surface area contributed by atoms with Crippen LogP contribution in [0.15, 0.2) is 41.4 Å². The summed E-state index contributed by atoms with van der Waals surface area (Å²) in [5, 5.41) is 12.7. The maximum absolute atomic E-state index is 14.0. The van der Waals surface area contributed by atoms with Crippen molar-refractivity contribution in [2.45, 2.75) is 32.6 Å². The first-order valence-corrected chi connectivity index (χ1v) is 9.77. The quantitative estimate of drug-likeness (QED) is 0.542. The third-order valence-electron chi connectivity index (χ3n) is 4.82. The Labute approximate surface area is 164 Å². The molecule has 1 fully saturated rings. The lowest BCUT2D eigenvalue weighted by molar-refractivity contribution is 0.102. The topological polar surface area (TPSA) is 64.9 Å². The molecule has 2 N–H and O–H groups in total. The molecular weight excluding hydrogens is 357 g/mol. The van der Waals surface area contributed by atoms with Gasteiger partial charge in [-0.15, -0.1) is 0 Å². The van der Waals surface area contributed by atoms with Gasteiger partial charge in [-0.1, -0.05) is 13.3 Å². The lowest BCUT2D eigenvalue weighted by atomic mass is 10.1. The molecule has 1 amide bonds. The van der Waals surface area contributed by atoms with Crippen molar-refractivity contribution < 1.29 is 14.3 Å². The number of amides is 1. The number of unbranched alkanes of at least 4 members (excludes halogenated alkanes) is 1. The Morgan fingerprint density at radius 1 is 1.25 bits per heavy atom. The standard InChI is InChI=1S/C22H26FN3O2/c1-2-3-10-24-15-17-13-16(14-20(23)21(17)27)22(28)25-18-6-8-19(9-7-18)26-11-4-5-12-26/h6-9,13-15,27H,2-5,10-12H2,1H3,(H,25,28)/b24-15+. The van der Waals surface area contributed by atoms with Gasteiger partial charge in [-0.05, 0) is 55.7 Å². The van der Waals surface area contributed by atoms with E-state index in [0.29, 0.717) is 12.2 Å². The van der Waals surface area contributed by atoms with Crippen LogP contribution in [0.25, 0.3) is 0 Å². The van der Waals surface area contributed by atoms with E-state index in [1.807, 2.05) is 24.3 Å². The number of aliphatic imine (C=N–C) groups is 1. The van der Waals surface area contributed by atoms with Crippen LogP contribution in [-0.4, -0.2) is 36.9 Å². The Balaban J connectivity index is 1.71. The Bertz CT molecular complexity index is 844. The molecule has 1 aliphatic rings. The number of phenols is 1. The molecule has 0 aliphatic carbocycles. The molecule has 5 nitrogen and oxygen atoms in total. The van der Waals surface area contributed by atoms with Crippen LogP contribution in [0.4, 0.5) is 15.8 Å². The van der Waals surface area contributed by atoms with Gasteiger partial charge in [0.25, 0.3) is 5.91 Å². The lowest BCUT2D eigenvalue weighted by Gasteiger charge is -2.17. The molecule has 0 saturated carbocycles. The van der Waals surface area contributed by atoms with Gasteiger partial charge >= 0.3 is 0 Å². The number of carbonyl (C=O) groups excluding carboxylic acids is 1. The number of rotatable bonds is 7. The highest BCUT2D eigenvalue weighted by Crippen LogP contribution is 2.24. The number of nitrogens with one attached hydrogen (secondary N) is 1. The molecular formula is C22H26FN3O2. The minimum atomic E-state index is -0.839. The van der Waals surface area contributed by atoms with Gasteiger partial charge in [-0.3, -0.25) is 9.79 Å². The fourth-order valence-corrected chi connectivity index (χ4v) is 3.20. The monoisotopic (exact) mass is 383 g/mol. The largest absolute Gasteiger partial charge is 0.504 e. The molecule has 1 heterocycles. The minimum absolute atomic E-state index is 0.135. The zero-order valence-electron chi connectivity index (χ0n) is 16.1. The highest BCUT2D eigenvalue weighted by molar-refractivity contribution is 6.05. The summed E-state index contributed by atoms with van der Waals surface area (Å²) in [4.78, 5) is 19.0. The van der Waals surface area contributed by atoms with Crippen LogP contribution < -0.4 is 10.2 Å². The van der Waals surface area contributed by atoms with E-state index >= 15 is 0 Å². The van der Waals surface area contributed by atoms with Crippen LogP contribution in [0.2, 0.25) is 0 Å². The maximum Gasteiger partial charge on any atom is 0.255 e. The first-order valence-electron chi connectivity index (χ1n) is 9.77. The summed E-state index contributed by atoms with van der Waals surface area (Å²) in [6.45, 7) is 4.76. The van der Waals surface area contributed by atoms with E-state index in [1.165, 1.54) is 25.1 Å². The maximum atomic E-state index is 14.0. The van der Waals surface area contributed by atoms with Crippen molar-refractivity contribution in [2.24, 2.45) is 4.99 Å². The first-order chi connectivity index (χ1) is 13.6. The fourth-order valence-electron chi connectivity index (χ4n) is 3.20. The number of hydrogen-bond donors (Lipinski definition) is 2. The van der Waals surface area contributed by atoms with E-state index in [0.717, 1.165) is 37.7 Å². The average molecular weight is 383 g/mol. The molecule has 2 aromatic rings. The first kappa shape index (κ1) is 19.9. The SMILES string of the molecule is CCCC/N=C/c1cc(C(=O)Nc2ccc(N3CCCC3)cc2)cc(F)c1O. The molecule has 0 atom stereocenters. The predicted molar refractivity (Wildman–Crippen MR) is 111 cm³/mol. The Morgan fingerprint density at radius 2 is 1.96 bits per heavy atom. The van der Waals surface area contributed by atoms with E-state index in [-0.39, 0.29) is 11.1 Å². The molecule has 0 aromatic heterocycles. The number of hydrogen-bond acceptors (Lipinski definition) is 4. The van der Waals surface area contributed by atoms with Gasteiger partial charge in [0.15, 0.2) is 11.6 Å². The average Bonchev–Trinajstić information content (AvgIpc) is 3.23. The summed E-state index contributed by atoms with van der Waals surface area (Å²) in [5.41, 5.74) is 2.11. The molecule has 0 spiro atoms. The Hall–Kier alpha value is -2.89. The predicted octanol–water partition coefficient (Wildman–Crippen LogP) is 4.60. The van der Waals surface area contributed by atoms with Gasteiger partial charge in [0.1, 0.15) is 0 Å². The van der Waals surface area contributed by atoms with Crippen LogP contribution in [-0.2, 0) is 0 Å². The van der Waals surface area contributed by atoms with Gasteiger partial charge in [0.05, 0.1) is 0 Å². The molecule has 6 heteroatoms. The Morgan fingerprint density at radius 3 is 2.64 bits per heavy atom. The molecule has 1 aliphatic heterocycles. The number of nitrogens with zero attached hydrogens (tertiary/aromatic N) is 2. The van der Waals surface area contributed by atoms with Crippen molar-refractivity contribution in [2.75, 3.05) is 29.9 Å². The molecule has 2 aromatic carbocycles. The van der Waals surface area contributed by atoms with Crippen LogP contribution in [0.1, 0.15) is 48.5 Å². The Kier molecular flexibility index (Phi) is 6.63. The van der Waals surface area contributed by atoms with Crippen LogP contribution in [0, 0.1) is 5.82 Å². The van der Waals surface area contributed by atoms with Gasteiger partial charge < -0.3 is 15.3 Å². The summed E-state index contributed by atoms with van der Waals surface area (Å²) in [6.07, 6.45) is 5.73. The van der Waals surface area contributed by atoms with E-state index in [1.54, 1.807) is 0 Å². The van der Waals surface area contributed by atoms with Crippen LogP contribution in [0.5, 0.6) is 5.75 Å². The van der Waals surface area contributed by atoms with Crippen LogP contribution >= 0.6 is 0 Å². The zero-order valence-corrected chi connectivity index (χ0v) is 16.1. The van der Waals surface area contributed by atoms with Gasteiger partial charge in [-0.2, -0.15) is 0 Å². The van der Waals surface area contributed by atoms with E-state index < -0.39 is 17.5 Å². The van der Waals surface area contributed by atoms with Crippen molar-refractivity contribution in [1.82, 2.24) is 0 Å². The summed E-state index contributed by atoms with van der Waals surface area (Å²) in [7, 11) is 0. The second kappa shape index (κ2) is 9.35. The molecule has 148 valence electrons. The zero-order chi connectivity index (χ0) is 19.9. The number of phenolic OH excluding ortho intramolecular Hbond substituents is 1. The van der Waals surface area contributed by atoms with Crippen molar-refractivity contribution in [1.29, 1.82) is 0 Å². The van der Waals surface area contributed by atoms with Gasteiger partial charge in [0, 0.05) is 48.4 Å².